The molecule has 0 spiro atoms. The van der Waals surface area contributed by atoms with E-state index in [1.165, 1.54) is 16.9 Å². The van der Waals surface area contributed by atoms with Gasteiger partial charge < -0.3 is 16.4 Å². The molecule has 3 rings (SSSR count). The van der Waals surface area contributed by atoms with Gasteiger partial charge in [-0.1, -0.05) is 6.92 Å². The number of fused-ring (bicyclic) bond motifs is 3. The molecule has 21 heavy (non-hydrogen) atoms. The monoisotopic (exact) mass is 327 g/mol. The number of thiophene rings is 1. The molecule has 2 heterocycles. The summed E-state index contributed by atoms with van der Waals surface area (Å²) in [6, 6.07) is 0. The number of nitrogens with zero attached hydrogens (tertiary/aromatic N) is 3. The third kappa shape index (κ3) is 2.93. The molecule has 0 aromatic carbocycles. The number of hydrogen-bond donors (Lipinski definition) is 2. The molecule has 116 valence electrons. The molecule has 4 N–H and O–H groups in total. The lowest BCUT2D eigenvalue weighted by atomic mass is 9.89. The van der Waals surface area contributed by atoms with Crippen molar-refractivity contribution in [3.05, 3.63) is 10.4 Å². The minimum absolute atomic E-state index is 0. The van der Waals surface area contributed by atoms with Crippen molar-refractivity contribution in [2.24, 2.45) is 11.7 Å². The summed E-state index contributed by atoms with van der Waals surface area (Å²) < 4.78 is 1.16. The van der Waals surface area contributed by atoms with E-state index in [0.717, 1.165) is 41.3 Å². The summed E-state index contributed by atoms with van der Waals surface area (Å²) in [5.74, 6) is 2.00. The minimum Gasteiger partial charge on any atom is -0.368 e. The maximum Gasteiger partial charge on any atom is 0.222 e. The van der Waals surface area contributed by atoms with Crippen LogP contribution in [-0.2, 0) is 12.8 Å². The Morgan fingerprint density at radius 1 is 1.38 bits per heavy atom. The molecule has 0 fully saturated rings. The zero-order chi connectivity index (χ0) is 14.3. The van der Waals surface area contributed by atoms with E-state index in [-0.39, 0.29) is 12.4 Å². The lowest BCUT2D eigenvalue weighted by molar-refractivity contribution is 0.508. The van der Waals surface area contributed by atoms with Crippen LogP contribution in [0.3, 0.4) is 0 Å². The van der Waals surface area contributed by atoms with Gasteiger partial charge in [-0.2, -0.15) is 4.98 Å². The van der Waals surface area contributed by atoms with Crippen LogP contribution in [0.15, 0.2) is 0 Å². The van der Waals surface area contributed by atoms with Crippen molar-refractivity contribution in [1.29, 1.82) is 0 Å². The molecule has 0 bridgehead atoms. The maximum absolute atomic E-state index is 5.91. The van der Waals surface area contributed by atoms with Crippen LogP contribution in [0.4, 0.5) is 11.8 Å². The molecule has 2 aromatic rings. The number of aryl methyl sites for hydroxylation is 1. The Morgan fingerprint density at radius 3 is 2.86 bits per heavy atom. The molecular formula is C14H22ClN5S. The van der Waals surface area contributed by atoms with Crippen molar-refractivity contribution in [3.63, 3.8) is 0 Å². The average molecular weight is 328 g/mol. The second-order valence-corrected chi connectivity index (χ2v) is 6.75. The van der Waals surface area contributed by atoms with E-state index in [2.05, 4.69) is 21.8 Å². The van der Waals surface area contributed by atoms with Gasteiger partial charge in [0.25, 0.3) is 0 Å². The van der Waals surface area contributed by atoms with Crippen LogP contribution in [0.25, 0.3) is 10.2 Å². The van der Waals surface area contributed by atoms with Crippen molar-refractivity contribution < 1.29 is 0 Å². The molecule has 2 aromatic heterocycles. The second kappa shape index (κ2) is 6.34. The van der Waals surface area contributed by atoms with Crippen molar-refractivity contribution in [2.45, 2.75) is 26.2 Å². The molecule has 1 aliphatic carbocycles. The Labute approximate surface area is 135 Å². The summed E-state index contributed by atoms with van der Waals surface area (Å²) in [7, 11) is 2.01. The van der Waals surface area contributed by atoms with Gasteiger partial charge in [-0.15, -0.1) is 23.7 Å². The van der Waals surface area contributed by atoms with Crippen LogP contribution in [0.5, 0.6) is 0 Å². The van der Waals surface area contributed by atoms with Crippen LogP contribution in [0, 0.1) is 5.92 Å². The fourth-order valence-corrected chi connectivity index (χ4v) is 4.20. The highest BCUT2D eigenvalue weighted by Crippen LogP contribution is 2.40. The average Bonchev–Trinajstić information content (AvgIpc) is 2.76. The Bertz CT molecular complexity index is 642. The highest BCUT2D eigenvalue weighted by atomic mass is 35.5. The molecule has 5 nitrogen and oxygen atoms in total. The lowest BCUT2D eigenvalue weighted by Gasteiger charge is -2.18. The number of anilines is 2. The summed E-state index contributed by atoms with van der Waals surface area (Å²) in [4.78, 5) is 12.5. The molecule has 0 amide bonds. The van der Waals surface area contributed by atoms with Crippen LogP contribution in [-0.4, -0.2) is 30.1 Å². The van der Waals surface area contributed by atoms with Gasteiger partial charge in [-0.25, -0.2) is 4.98 Å². The Morgan fingerprint density at radius 2 is 2.14 bits per heavy atom. The second-order valence-electron chi connectivity index (χ2n) is 5.65. The van der Waals surface area contributed by atoms with Crippen molar-refractivity contribution in [2.75, 3.05) is 30.8 Å². The predicted octanol–water partition coefficient (Wildman–Crippen LogP) is 2.22. The van der Waals surface area contributed by atoms with Gasteiger partial charge in [0.15, 0.2) is 5.82 Å². The zero-order valence-electron chi connectivity index (χ0n) is 12.4. The van der Waals surface area contributed by atoms with E-state index in [1.54, 1.807) is 0 Å². The largest absolute Gasteiger partial charge is 0.368 e. The zero-order valence-corrected chi connectivity index (χ0v) is 14.1. The maximum atomic E-state index is 5.91. The van der Waals surface area contributed by atoms with Crippen molar-refractivity contribution >= 4 is 45.7 Å². The normalized spacial score (nSPS) is 17.4. The summed E-state index contributed by atoms with van der Waals surface area (Å²) in [5, 5.41) is 0. The smallest absolute Gasteiger partial charge is 0.222 e. The highest BCUT2D eigenvalue weighted by Gasteiger charge is 2.24. The SMILES string of the molecule is CC1CCc2sc3c(N(C)CCN)nc(N)nc3c2C1.Cl. The Kier molecular flexibility index (Phi) is 4.91. The van der Waals surface area contributed by atoms with Crippen molar-refractivity contribution in [1.82, 2.24) is 9.97 Å². The third-order valence-corrected chi connectivity index (χ3v) is 5.23. The van der Waals surface area contributed by atoms with Gasteiger partial charge in [0.2, 0.25) is 5.95 Å². The van der Waals surface area contributed by atoms with Crippen molar-refractivity contribution in [3.8, 4) is 0 Å². The fourth-order valence-electron chi connectivity index (χ4n) is 2.87. The van der Waals surface area contributed by atoms with E-state index >= 15 is 0 Å². The van der Waals surface area contributed by atoms with Gasteiger partial charge in [-0.05, 0) is 30.7 Å². The number of likely N-dealkylation sites (N-methyl/N-ethyl adjacent to an activating group) is 1. The van der Waals surface area contributed by atoms with Gasteiger partial charge in [-0.3, -0.25) is 0 Å². The summed E-state index contributed by atoms with van der Waals surface area (Å²) in [6.07, 6.45) is 3.51. The quantitative estimate of drug-likeness (QED) is 0.903. The standard InChI is InChI=1S/C14H21N5S.ClH/c1-8-3-4-10-9(7-8)11-12(20-10)13(18-14(16)17-11)19(2)6-5-15;/h8H,3-7,15H2,1-2H3,(H2,16,17,18);1H. The van der Waals surface area contributed by atoms with Gasteiger partial charge in [0.1, 0.15) is 0 Å². The fraction of sp³-hybridized carbons (Fsp3) is 0.571. The summed E-state index contributed by atoms with van der Waals surface area (Å²) >= 11 is 1.83. The predicted molar refractivity (Wildman–Crippen MR) is 92.6 cm³/mol. The number of aromatic nitrogens is 2. The number of halogens is 1. The van der Waals surface area contributed by atoms with Gasteiger partial charge in [0.05, 0.1) is 10.2 Å². The van der Waals surface area contributed by atoms with Crippen LogP contribution >= 0.6 is 23.7 Å². The molecule has 1 aliphatic rings. The third-order valence-electron chi connectivity index (χ3n) is 3.96. The number of nitrogen functional groups attached to an aromatic ring is 1. The number of rotatable bonds is 3. The Hall–Kier alpha value is -1.11. The molecule has 0 radical (unpaired) electrons. The molecule has 1 unspecified atom stereocenters. The van der Waals surface area contributed by atoms with Crippen LogP contribution < -0.4 is 16.4 Å². The number of hydrogen-bond acceptors (Lipinski definition) is 6. The van der Waals surface area contributed by atoms with Crippen LogP contribution in [0.2, 0.25) is 0 Å². The van der Waals surface area contributed by atoms with E-state index in [0.29, 0.717) is 12.5 Å². The summed E-state index contributed by atoms with van der Waals surface area (Å²) in [6.45, 7) is 3.67. The van der Waals surface area contributed by atoms with Gasteiger partial charge >= 0.3 is 0 Å². The van der Waals surface area contributed by atoms with E-state index in [4.69, 9.17) is 11.5 Å². The topological polar surface area (TPSA) is 81.1 Å². The van der Waals surface area contributed by atoms with E-state index in [1.807, 2.05) is 18.4 Å². The summed E-state index contributed by atoms with van der Waals surface area (Å²) in [5.41, 5.74) is 14.0. The molecule has 0 saturated carbocycles. The molecule has 7 heteroatoms. The minimum atomic E-state index is 0. The number of nitrogens with two attached hydrogens (primary N) is 2. The first-order chi connectivity index (χ1) is 9.60. The first kappa shape index (κ1) is 16.3. The molecule has 1 atom stereocenters. The first-order valence-electron chi connectivity index (χ1n) is 7.09. The van der Waals surface area contributed by atoms with Gasteiger partial charge in [0, 0.05) is 25.0 Å². The Balaban J connectivity index is 0.00000161. The molecule has 0 aliphatic heterocycles. The lowest BCUT2D eigenvalue weighted by Crippen LogP contribution is -2.26. The van der Waals surface area contributed by atoms with E-state index in [9.17, 15) is 0 Å². The van der Waals surface area contributed by atoms with E-state index < -0.39 is 0 Å². The molecular weight excluding hydrogens is 306 g/mol. The highest BCUT2D eigenvalue weighted by molar-refractivity contribution is 7.19. The van der Waals surface area contributed by atoms with Crippen LogP contribution in [0.1, 0.15) is 23.8 Å². The molecule has 0 saturated heterocycles. The first-order valence-corrected chi connectivity index (χ1v) is 7.90.